The van der Waals surface area contributed by atoms with Gasteiger partial charge in [-0.25, -0.2) is 0 Å². The molecule has 0 spiro atoms. The first-order valence-corrected chi connectivity index (χ1v) is 8.62. The van der Waals surface area contributed by atoms with E-state index in [1.54, 1.807) is 13.8 Å². The summed E-state index contributed by atoms with van der Waals surface area (Å²) >= 11 is 1.41. The Labute approximate surface area is 137 Å². The van der Waals surface area contributed by atoms with Crippen LogP contribution in [-0.2, 0) is 17.6 Å². The van der Waals surface area contributed by atoms with Crippen LogP contribution in [-0.4, -0.2) is 28.4 Å². The minimum atomic E-state index is -0.796. The van der Waals surface area contributed by atoms with Gasteiger partial charge in [-0.15, -0.1) is 18.3 Å². The third-order valence-corrected chi connectivity index (χ3v) is 5.19. The van der Waals surface area contributed by atoms with E-state index in [9.17, 15) is 9.90 Å². The maximum absolute atomic E-state index is 11.2. The van der Waals surface area contributed by atoms with Crippen LogP contribution in [0.3, 0.4) is 0 Å². The number of allylic oxidation sites excluding steroid dienone is 1. The maximum atomic E-state index is 11.2. The number of unbranched alkanes of at least 4 members (excludes halogenated alkanes) is 1. The van der Waals surface area contributed by atoms with Crippen molar-refractivity contribution in [2.45, 2.75) is 55.2 Å². The van der Waals surface area contributed by atoms with Gasteiger partial charge in [0.05, 0.1) is 0 Å². The Kier molecular flexibility index (Phi) is 5.70. The van der Waals surface area contributed by atoms with Crippen molar-refractivity contribution in [1.29, 1.82) is 0 Å². The van der Waals surface area contributed by atoms with Crippen LogP contribution in [0.2, 0.25) is 0 Å². The van der Waals surface area contributed by atoms with Gasteiger partial charge in [-0.05, 0) is 69.3 Å². The van der Waals surface area contributed by atoms with Crippen LogP contribution < -0.4 is 5.32 Å². The molecule has 0 aliphatic heterocycles. The normalized spacial score (nSPS) is 17.3. The van der Waals surface area contributed by atoms with E-state index in [1.807, 2.05) is 12.1 Å². The molecule has 0 amide bonds. The number of benzene rings is 1. The smallest absolute Gasteiger partial charge is 0.319 e. The standard InChI is InChI=1S/C18H25NO2S/c1-4-5-6-9-19-15-10-13-7-8-16(12-14(13)11-15)22-18(2,3)17(20)21/h4,7-8,12,15,19H,1,5-6,9-11H2,2-3H3,(H,20,21). The Hall–Kier alpha value is -1.26. The molecule has 0 aromatic heterocycles. The lowest BCUT2D eigenvalue weighted by Crippen LogP contribution is -2.30. The van der Waals surface area contributed by atoms with Crippen LogP contribution >= 0.6 is 11.8 Å². The van der Waals surface area contributed by atoms with Crippen LogP contribution in [0.1, 0.15) is 37.8 Å². The molecule has 22 heavy (non-hydrogen) atoms. The first kappa shape index (κ1) is 17.1. The Bertz CT molecular complexity index is 554. The largest absolute Gasteiger partial charge is 0.480 e. The van der Waals surface area contributed by atoms with E-state index in [4.69, 9.17) is 0 Å². The van der Waals surface area contributed by atoms with Gasteiger partial charge in [-0.3, -0.25) is 4.79 Å². The van der Waals surface area contributed by atoms with Crippen molar-refractivity contribution in [3.05, 3.63) is 42.0 Å². The van der Waals surface area contributed by atoms with Gasteiger partial charge in [-0.1, -0.05) is 12.1 Å². The molecule has 1 unspecified atom stereocenters. The second kappa shape index (κ2) is 7.34. The topological polar surface area (TPSA) is 49.3 Å². The SMILES string of the molecule is C=CCCCNC1Cc2ccc(SC(C)(C)C(=O)O)cc2C1. The molecule has 120 valence electrons. The summed E-state index contributed by atoms with van der Waals surface area (Å²) < 4.78 is -0.796. The molecule has 0 bridgehead atoms. The Morgan fingerprint density at radius 1 is 1.45 bits per heavy atom. The molecule has 1 aromatic rings. The highest BCUT2D eigenvalue weighted by Gasteiger charge is 2.29. The van der Waals surface area contributed by atoms with E-state index in [1.165, 1.54) is 22.9 Å². The lowest BCUT2D eigenvalue weighted by molar-refractivity contribution is -0.138. The van der Waals surface area contributed by atoms with Crippen molar-refractivity contribution < 1.29 is 9.90 Å². The molecule has 0 saturated carbocycles. The Morgan fingerprint density at radius 2 is 2.18 bits per heavy atom. The van der Waals surface area contributed by atoms with Crippen LogP contribution in [0.25, 0.3) is 0 Å². The van der Waals surface area contributed by atoms with Gasteiger partial charge in [-0.2, -0.15) is 0 Å². The number of rotatable bonds is 8. The monoisotopic (exact) mass is 319 g/mol. The second-order valence-electron chi connectivity index (χ2n) is 6.34. The van der Waals surface area contributed by atoms with E-state index in [0.29, 0.717) is 6.04 Å². The molecular formula is C18H25NO2S. The fraction of sp³-hybridized carbons (Fsp3) is 0.500. The van der Waals surface area contributed by atoms with Crippen LogP contribution in [0.15, 0.2) is 35.7 Å². The van der Waals surface area contributed by atoms with E-state index in [0.717, 1.165) is 37.1 Å². The third kappa shape index (κ3) is 4.37. The highest BCUT2D eigenvalue weighted by Crippen LogP contribution is 2.35. The molecule has 1 aliphatic carbocycles. The van der Waals surface area contributed by atoms with Gasteiger partial charge in [0, 0.05) is 10.9 Å². The summed E-state index contributed by atoms with van der Waals surface area (Å²) in [7, 11) is 0. The number of nitrogens with one attached hydrogen (secondary N) is 1. The molecule has 1 aromatic carbocycles. The quantitative estimate of drug-likeness (QED) is 0.436. The zero-order valence-electron chi connectivity index (χ0n) is 13.4. The van der Waals surface area contributed by atoms with Gasteiger partial charge in [0.2, 0.25) is 0 Å². The van der Waals surface area contributed by atoms with E-state index < -0.39 is 10.7 Å². The van der Waals surface area contributed by atoms with Crippen molar-refractivity contribution >= 4 is 17.7 Å². The highest BCUT2D eigenvalue weighted by atomic mass is 32.2. The van der Waals surface area contributed by atoms with Crippen molar-refractivity contribution in [1.82, 2.24) is 5.32 Å². The van der Waals surface area contributed by atoms with Gasteiger partial charge < -0.3 is 10.4 Å². The summed E-state index contributed by atoms with van der Waals surface area (Å²) in [6.07, 6.45) is 6.24. The number of hydrogen-bond acceptors (Lipinski definition) is 3. The fourth-order valence-corrected chi connectivity index (χ4v) is 3.71. The molecule has 0 radical (unpaired) electrons. The lowest BCUT2D eigenvalue weighted by Gasteiger charge is -2.18. The molecule has 1 aliphatic rings. The number of carboxylic acid groups (broad SMARTS) is 1. The van der Waals surface area contributed by atoms with E-state index in [-0.39, 0.29) is 0 Å². The predicted octanol–water partition coefficient (Wildman–Crippen LogP) is 3.66. The van der Waals surface area contributed by atoms with Gasteiger partial charge >= 0.3 is 5.97 Å². The van der Waals surface area contributed by atoms with Crippen LogP contribution in [0, 0.1) is 0 Å². The molecule has 0 saturated heterocycles. The molecule has 1 atom stereocenters. The lowest BCUT2D eigenvalue weighted by atomic mass is 10.1. The number of thioether (sulfide) groups is 1. The Balaban J connectivity index is 1.94. The van der Waals surface area contributed by atoms with Crippen molar-refractivity contribution in [2.24, 2.45) is 0 Å². The summed E-state index contributed by atoms with van der Waals surface area (Å²) in [4.78, 5) is 12.3. The number of fused-ring (bicyclic) bond motifs is 1. The van der Waals surface area contributed by atoms with Crippen LogP contribution in [0.4, 0.5) is 0 Å². The number of carbonyl (C=O) groups is 1. The number of carboxylic acids is 1. The van der Waals surface area contributed by atoms with Crippen molar-refractivity contribution in [3.63, 3.8) is 0 Å². The minimum absolute atomic E-state index is 0.507. The predicted molar refractivity (Wildman–Crippen MR) is 92.6 cm³/mol. The molecule has 0 heterocycles. The number of aliphatic carboxylic acids is 1. The maximum Gasteiger partial charge on any atom is 0.319 e. The third-order valence-electron chi connectivity index (χ3n) is 4.02. The summed E-state index contributed by atoms with van der Waals surface area (Å²) in [5.74, 6) is -0.778. The van der Waals surface area contributed by atoms with Gasteiger partial charge in [0.15, 0.2) is 0 Å². The van der Waals surface area contributed by atoms with Gasteiger partial charge in [0.25, 0.3) is 0 Å². The minimum Gasteiger partial charge on any atom is -0.480 e. The van der Waals surface area contributed by atoms with Crippen LogP contribution in [0.5, 0.6) is 0 Å². The summed E-state index contributed by atoms with van der Waals surface area (Å²) in [6, 6.07) is 6.87. The molecule has 2 rings (SSSR count). The Morgan fingerprint density at radius 3 is 2.86 bits per heavy atom. The zero-order chi connectivity index (χ0) is 16.2. The first-order valence-electron chi connectivity index (χ1n) is 7.81. The van der Waals surface area contributed by atoms with E-state index >= 15 is 0 Å². The first-order chi connectivity index (χ1) is 10.4. The summed E-state index contributed by atoms with van der Waals surface area (Å²) in [5.41, 5.74) is 2.74. The van der Waals surface area contributed by atoms with Crippen molar-refractivity contribution in [2.75, 3.05) is 6.54 Å². The van der Waals surface area contributed by atoms with Gasteiger partial charge in [0.1, 0.15) is 4.75 Å². The molecule has 4 heteroatoms. The van der Waals surface area contributed by atoms with Crippen molar-refractivity contribution in [3.8, 4) is 0 Å². The molecule has 2 N–H and O–H groups in total. The summed E-state index contributed by atoms with van der Waals surface area (Å²) in [5, 5.41) is 12.8. The average Bonchev–Trinajstić information content (AvgIpc) is 2.85. The average molecular weight is 319 g/mol. The summed E-state index contributed by atoms with van der Waals surface area (Å²) in [6.45, 7) is 8.26. The number of hydrogen-bond donors (Lipinski definition) is 2. The van der Waals surface area contributed by atoms with E-state index in [2.05, 4.69) is 24.0 Å². The molecule has 0 fully saturated rings. The highest BCUT2D eigenvalue weighted by molar-refractivity contribution is 8.01. The second-order valence-corrected chi connectivity index (χ2v) is 8.03. The molecule has 3 nitrogen and oxygen atoms in total. The molecular weight excluding hydrogens is 294 g/mol. The zero-order valence-corrected chi connectivity index (χ0v) is 14.2. The fourth-order valence-electron chi connectivity index (χ4n) is 2.69.